The van der Waals surface area contributed by atoms with Crippen LogP contribution >= 0.6 is 0 Å². The molecule has 0 aliphatic heterocycles. The molecule has 3 rings (SSSR count). The molecule has 2 aromatic heterocycles. The van der Waals surface area contributed by atoms with E-state index in [1.54, 1.807) is 0 Å². The number of rotatable bonds is 4. The number of hydrogen-bond donors (Lipinski definition) is 0. The highest BCUT2D eigenvalue weighted by atomic mass is 19.4. The van der Waals surface area contributed by atoms with Gasteiger partial charge in [-0.25, -0.2) is 14.0 Å². The Morgan fingerprint density at radius 3 is 2.68 bits per heavy atom. The van der Waals surface area contributed by atoms with Crippen molar-refractivity contribution in [1.29, 1.82) is 0 Å². The number of hydrogen-bond acceptors (Lipinski definition) is 7. The van der Waals surface area contributed by atoms with Crippen LogP contribution in [0.2, 0.25) is 0 Å². The molecule has 1 aromatic carbocycles. The first-order valence-corrected chi connectivity index (χ1v) is 6.85. The van der Waals surface area contributed by atoms with Gasteiger partial charge in [0.1, 0.15) is 11.5 Å². The number of Topliss-reactive ketones (excluding diaryl/α,β-unsaturated/α-hetero) is 1. The number of carbonyl (C=O) groups excluding carboxylic acids is 1. The van der Waals surface area contributed by atoms with Gasteiger partial charge in [0.25, 0.3) is 0 Å². The predicted molar refractivity (Wildman–Crippen MR) is 74.8 cm³/mol. The fourth-order valence-corrected chi connectivity index (χ4v) is 2.18. The van der Waals surface area contributed by atoms with Gasteiger partial charge < -0.3 is 0 Å². The molecule has 25 heavy (non-hydrogen) atoms. The molecule has 130 valence electrons. The maximum Gasteiger partial charge on any atom is 0.446 e. The smallest absolute Gasteiger partial charge is 0.300 e. The Hall–Kier alpha value is -3.24. The van der Waals surface area contributed by atoms with Crippen molar-refractivity contribution in [2.45, 2.75) is 19.5 Å². The highest BCUT2D eigenvalue weighted by Crippen LogP contribution is 2.31. The molecule has 0 saturated carbocycles. The van der Waals surface area contributed by atoms with Gasteiger partial charge in [-0.15, -0.1) is 0 Å². The lowest BCUT2D eigenvalue weighted by Gasteiger charge is -2.09. The summed E-state index contributed by atoms with van der Waals surface area (Å²) in [6.45, 7) is 1.31. The second-order valence-electron chi connectivity index (χ2n) is 5.09. The van der Waals surface area contributed by atoms with E-state index < -0.39 is 17.5 Å². The normalized spacial score (nSPS) is 11.7. The van der Waals surface area contributed by atoms with E-state index in [0.29, 0.717) is 0 Å². The van der Waals surface area contributed by atoms with Crippen molar-refractivity contribution in [1.82, 2.24) is 20.0 Å². The average Bonchev–Trinajstić information content (AvgIpc) is 3.12. The van der Waals surface area contributed by atoms with Crippen LogP contribution in [0.5, 0.6) is 0 Å². The summed E-state index contributed by atoms with van der Waals surface area (Å²) in [5.41, 5.74) is -1.07. The monoisotopic (exact) mass is 354 g/mol. The van der Waals surface area contributed by atoms with Crippen LogP contribution in [0.3, 0.4) is 0 Å². The van der Waals surface area contributed by atoms with Gasteiger partial charge in [-0.1, -0.05) is 16.4 Å². The topological polar surface area (TPSA) is 104 Å². The van der Waals surface area contributed by atoms with Crippen molar-refractivity contribution >= 4 is 5.78 Å². The molecule has 0 N–H and O–H groups in total. The largest absolute Gasteiger partial charge is 0.446 e. The number of halogens is 3. The molecule has 0 atom stereocenters. The summed E-state index contributed by atoms with van der Waals surface area (Å²) in [6.07, 6.45) is -4.74. The average molecular weight is 354 g/mol. The van der Waals surface area contributed by atoms with Crippen LogP contribution in [0.4, 0.5) is 13.2 Å². The molecule has 8 nitrogen and oxygen atoms in total. The van der Waals surface area contributed by atoms with Crippen molar-refractivity contribution < 1.29 is 27.1 Å². The van der Waals surface area contributed by atoms with Gasteiger partial charge in [0, 0.05) is 0 Å². The number of nitrogens with zero attached hydrogens (tertiary/aromatic N) is 4. The molecule has 0 amide bonds. The van der Waals surface area contributed by atoms with E-state index in [0.717, 1.165) is 22.8 Å². The van der Waals surface area contributed by atoms with Gasteiger partial charge in [0.15, 0.2) is 5.69 Å². The Bertz CT molecular complexity index is 986. The number of aromatic nitrogens is 4. The highest BCUT2D eigenvalue weighted by Gasteiger charge is 2.31. The van der Waals surface area contributed by atoms with Crippen molar-refractivity contribution in [3.63, 3.8) is 0 Å². The van der Waals surface area contributed by atoms with Gasteiger partial charge in [-0.05, 0) is 30.3 Å². The summed E-state index contributed by atoms with van der Waals surface area (Å²) >= 11 is 0. The lowest BCUT2D eigenvalue weighted by Crippen LogP contribution is -2.15. The quantitative estimate of drug-likeness (QED) is 0.706. The van der Waals surface area contributed by atoms with Crippen molar-refractivity contribution in [3.8, 4) is 17.2 Å². The van der Waals surface area contributed by atoms with Gasteiger partial charge in [-0.2, -0.15) is 13.2 Å². The zero-order chi connectivity index (χ0) is 18.2. The molecule has 0 aliphatic rings. The first kappa shape index (κ1) is 16.6. The van der Waals surface area contributed by atoms with Gasteiger partial charge in [-0.3, -0.25) is 9.32 Å². The zero-order valence-electron chi connectivity index (χ0n) is 12.6. The lowest BCUT2D eigenvalue weighted by atomic mass is 10.1. The maximum atomic E-state index is 12.9. The third-order valence-electron chi connectivity index (χ3n) is 3.22. The summed E-state index contributed by atoms with van der Waals surface area (Å²) in [5, 5.41) is 10.6. The lowest BCUT2D eigenvalue weighted by molar-refractivity contribution is -0.137. The maximum absolute atomic E-state index is 12.9. The third kappa shape index (κ3) is 3.20. The van der Waals surface area contributed by atoms with Crippen LogP contribution in [0, 0.1) is 0 Å². The molecule has 0 fully saturated rings. The fraction of sp³-hybridized carbons (Fsp3) is 0.214. The molecule has 3 aromatic rings. The Labute approximate surface area is 136 Å². The van der Waals surface area contributed by atoms with E-state index in [1.807, 2.05) is 0 Å². The molecular formula is C14H9F3N4O4. The van der Waals surface area contributed by atoms with E-state index in [1.165, 1.54) is 13.0 Å². The Balaban J connectivity index is 2.15. The molecule has 2 heterocycles. The Morgan fingerprint density at radius 2 is 2.00 bits per heavy atom. The van der Waals surface area contributed by atoms with Crippen LogP contribution in [0.25, 0.3) is 17.2 Å². The van der Waals surface area contributed by atoms with Gasteiger partial charge >= 0.3 is 11.9 Å². The Morgan fingerprint density at radius 1 is 1.24 bits per heavy atom. The molecule has 0 saturated heterocycles. The van der Waals surface area contributed by atoms with Crippen LogP contribution in [0.15, 0.2) is 38.2 Å². The third-order valence-corrected chi connectivity index (χ3v) is 3.22. The van der Waals surface area contributed by atoms with E-state index >= 15 is 0 Å². The molecule has 0 bridgehead atoms. The molecule has 11 heteroatoms. The first-order valence-electron chi connectivity index (χ1n) is 6.85. The summed E-state index contributed by atoms with van der Waals surface area (Å²) in [5.74, 6) is -1.50. The van der Waals surface area contributed by atoms with Crippen LogP contribution in [0.1, 0.15) is 18.2 Å². The Kier molecular flexibility index (Phi) is 3.99. The van der Waals surface area contributed by atoms with E-state index in [-0.39, 0.29) is 35.1 Å². The number of ketones is 1. The van der Waals surface area contributed by atoms with Crippen LogP contribution in [-0.4, -0.2) is 25.8 Å². The van der Waals surface area contributed by atoms with Gasteiger partial charge in [0.2, 0.25) is 5.82 Å². The second kappa shape index (κ2) is 6.00. The highest BCUT2D eigenvalue weighted by molar-refractivity contribution is 5.79. The predicted octanol–water partition coefficient (Wildman–Crippen LogP) is 2.03. The number of benzene rings is 1. The molecule has 0 radical (unpaired) electrons. The minimum atomic E-state index is -4.59. The summed E-state index contributed by atoms with van der Waals surface area (Å²) in [6, 6.07) is 4.04. The standard InChI is InChI=1S/C14H9F3N4O4/c1-7(22)5-10-11(19-25-18-10)12-20-24-13(23)21(12)9-4-2-3-8(6-9)14(15,16)17/h2-4,6H,5H2,1H3. The van der Waals surface area contributed by atoms with E-state index in [2.05, 4.69) is 24.6 Å². The van der Waals surface area contributed by atoms with Crippen molar-refractivity contribution in [2.24, 2.45) is 0 Å². The minimum absolute atomic E-state index is 0.0709. The molecule has 0 aliphatic carbocycles. The zero-order valence-corrected chi connectivity index (χ0v) is 12.6. The number of alkyl halides is 3. The van der Waals surface area contributed by atoms with E-state index in [9.17, 15) is 22.8 Å². The van der Waals surface area contributed by atoms with Crippen LogP contribution in [-0.2, 0) is 17.4 Å². The molecule has 0 unspecified atom stereocenters. The van der Waals surface area contributed by atoms with Crippen molar-refractivity contribution in [2.75, 3.05) is 0 Å². The van der Waals surface area contributed by atoms with Crippen molar-refractivity contribution in [3.05, 3.63) is 46.1 Å². The summed E-state index contributed by atoms with van der Waals surface area (Å²) < 4.78 is 48.6. The first-order chi connectivity index (χ1) is 11.8. The number of carbonyl (C=O) groups is 1. The fourth-order valence-electron chi connectivity index (χ4n) is 2.18. The second-order valence-corrected chi connectivity index (χ2v) is 5.09. The van der Waals surface area contributed by atoms with E-state index in [4.69, 9.17) is 0 Å². The molecule has 0 spiro atoms. The van der Waals surface area contributed by atoms with Gasteiger partial charge in [0.05, 0.1) is 17.7 Å². The van der Waals surface area contributed by atoms with Crippen LogP contribution < -0.4 is 5.76 Å². The summed E-state index contributed by atoms with van der Waals surface area (Å²) in [4.78, 5) is 23.2. The minimum Gasteiger partial charge on any atom is -0.300 e. The summed E-state index contributed by atoms with van der Waals surface area (Å²) in [7, 11) is 0. The molecular weight excluding hydrogens is 345 g/mol. The SMILES string of the molecule is CC(=O)Cc1nonc1-c1noc(=O)n1-c1cccc(C(F)(F)F)c1.